The van der Waals surface area contributed by atoms with Crippen LogP contribution in [-0.4, -0.2) is 29.2 Å². The fourth-order valence-corrected chi connectivity index (χ4v) is 3.89. The van der Waals surface area contributed by atoms with Crippen LogP contribution in [0.3, 0.4) is 0 Å². The van der Waals surface area contributed by atoms with Crippen LogP contribution >= 0.6 is 34.7 Å². The minimum absolute atomic E-state index is 0.301. The molecule has 0 aliphatic rings. The molecule has 26 heavy (non-hydrogen) atoms. The van der Waals surface area contributed by atoms with E-state index in [1.54, 1.807) is 29.5 Å². The van der Waals surface area contributed by atoms with E-state index in [-0.39, 0.29) is 5.91 Å². The van der Waals surface area contributed by atoms with Crippen LogP contribution in [0, 0.1) is 6.92 Å². The number of ether oxygens (including phenoxy) is 1. The van der Waals surface area contributed by atoms with E-state index in [4.69, 9.17) is 16.3 Å². The fourth-order valence-electron chi connectivity index (χ4n) is 2.43. The number of benzene rings is 1. The number of anilines is 1. The molecule has 0 saturated carbocycles. The first-order valence-electron chi connectivity index (χ1n) is 7.65. The molecule has 1 N–H and O–H groups in total. The predicted octanol–water partition coefficient (Wildman–Crippen LogP) is 5.15. The average Bonchev–Trinajstić information content (AvgIpc) is 3.15. The smallest absolute Gasteiger partial charge is 0.260 e. The van der Waals surface area contributed by atoms with Gasteiger partial charge in [0.1, 0.15) is 10.8 Å². The molecule has 0 atom stereocenters. The van der Waals surface area contributed by atoms with Crippen molar-refractivity contribution in [2.24, 2.45) is 0 Å². The van der Waals surface area contributed by atoms with Gasteiger partial charge in [0.2, 0.25) is 0 Å². The van der Waals surface area contributed by atoms with Gasteiger partial charge in [0.05, 0.1) is 28.9 Å². The Kier molecular flexibility index (Phi) is 5.80. The maximum absolute atomic E-state index is 12.9. The Morgan fingerprint density at radius 1 is 1.31 bits per heavy atom. The molecule has 8 heteroatoms. The molecule has 1 aromatic carbocycles. The molecule has 2 heterocycles. The number of methoxy groups -OCH3 is 1. The number of rotatable bonds is 5. The lowest BCUT2D eigenvalue weighted by Gasteiger charge is -2.14. The number of halogens is 1. The van der Waals surface area contributed by atoms with E-state index in [1.165, 1.54) is 18.9 Å². The summed E-state index contributed by atoms with van der Waals surface area (Å²) in [4.78, 5) is 22.9. The van der Waals surface area contributed by atoms with Crippen LogP contribution in [-0.2, 0) is 0 Å². The van der Waals surface area contributed by atoms with E-state index in [2.05, 4.69) is 15.3 Å². The van der Waals surface area contributed by atoms with Crippen molar-refractivity contribution in [2.75, 3.05) is 18.7 Å². The van der Waals surface area contributed by atoms with E-state index in [1.807, 2.05) is 30.7 Å². The Labute approximate surface area is 164 Å². The number of aryl methyl sites for hydroxylation is 1. The number of aromatic nitrogens is 2. The Hall–Kier alpha value is -2.09. The molecule has 0 aliphatic heterocycles. The summed E-state index contributed by atoms with van der Waals surface area (Å²) in [5.74, 6) is 0.853. The third-order valence-corrected chi connectivity index (χ3v) is 5.41. The molecule has 0 saturated heterocycles. The minimum atomic E-state index is -0.301. The Morgan fingerprint density at radius 2 is 2.12 bits per heavy atom. The molecule has 1 amide bonds. The zero-order chi connectivity index (χ0) is 18.7. The summed E-state index contributed by atoms with van der Waals surface area (Å²) in [7, 11) is 1.54. The number of thiophene rings is 1. The Morgan fingerprint density at radius 3 is 2.77 bits per heavy atom. The van der Waals surface area contributed by atoms with E-state index < -0.39 is 0 Å². The fraction of sp³-hybridized carbons (Fsp3) is 0.167. The van der Waals surface area contributed by atoms with E-state index in [9.17, 15) is 4.79 Å². The van der Waals surface area contributed by atoms with Gasteiger partial charge in [-0.05, 0) is 42.8 Å². The first-order valence-corrected chi connectivity index (χ1v) is 10.1. The number of hydrogen-bond acceptors (Lipinski definition) is 6. The largest absolute Gasteiger partial charge is 0.495 e. The van der Waals surface area contributed by atoms with Gasteiger partial charge in [0.25, 0.3) is 5.91 Å². The van der Waals surface area contributed by atoms with Gasteiger partial charge in [0.15, 0.2) is 5.82 Å². The molecule has 134 valence electrons. The number of carbonyl (C=O) groups excluding carboxylic acids is 1. The number of amides is 1. The van der Waals surface area contributed by atoms with Gasteiger partial charge in [-0.15, -0.1) is 23.1 Å². The molecular formula is C18H16ClN3O2S2. The first kappa shape index (κ1) is 18.7. The lowest BCUT2D eigenvalue weighted by atomic mass is 10.2. The summed E-state index contributed by atoms with van der Waals surface area (Å²) in [6, 6.07) is 8.96. The normalized spacial score (nSPS) is 10.6. The van der Waals surface area contributed by atoms with Crippen molar-refractivity contribution in [1.29, 1.82) is 0 Å². The SMILES string of the molecule is COc1ccc(Cl)cc1NC(=O)c1c(C)nc(-c2cccs2)nc1SC. The molecule has 0 aliphatic carbocycles. The lowest BCUT2D eigenvalue weighted by molar-refractivity contribution is 0.102. The minimum Gasteiger partial charge on any atom is -0.495 e. The zero-order valence-corrected chi connectivity index (χ0v) is 16.8. The van der Waals surface area contributed by atoms with Crippen molar-refractivity contribution in [3.8, 4) is 16.5 Å². The molecule has 0 bridgehead atoms. The van der Waals surface area contributed by atoms with Gasteiger partial charge in [-0.25, -0.2) is 9.97 Å². The van der Waals surface area contributed by atoms with Crippen LogP contribution in [0.4, 0.5) is 5.69 Å². The second-order valence-corrected chi connectivity index (χ2v) is 7.47. The summed E-state index contributed by atoms with van der Waals surface area (Å²) in [5, 5.41) is 5.95. The molecule has 0 spiro atoms. The van der Waals surface area contributed by atoms with Crippen molar-refractivity contribution < 1.29 is 9.53 Å². The number of nitrogens with zero attached hydrogens (tertiary/aromatic N) is 2. The number of thioether (sulfide) groups is 1. The molecule has 0 radical (unpaired) electrons. The Balaban J connectivity index is 1.98. The molecule has 2 aromatic heterocycles. The maximum Gasteiger partial charge on any atom is 0.260 e. The van der Waals surface area contributed by atoms with Gasteiger partial charge in [-0.2, -0.15) is 0 Å². The summed E-state index contributed by atoms with van der Waals surface area (Å²) in [6.45, 7) is 1.81. The van der Waals surface area contributed by atoms with E-state index in [0.717, 1.165) is 4.88 Å². The maximum atomic E-state index is 12.9. The van der Waals surface area contributed by atoms with Crippen LogP contribution in [0.15, 0.2) is 40.7 Å². The van der Waals surface area contributed by atoms with Crippen molar-refractivity contribution >= 4 is 46.3 Å². The highest BCUT2D eigenvalue weighted by atomic mass is 35.5. The third kappa shape index (κ3) is 3.85. The van der Waals surface area contributed by atoms with E-state index >= 15 is 0 Å². The van der Waals surface area contributed by atoms with Crippen molar-refractivity contribution in [2.45, 2.75) is 11.9 Å². The summed E-state index contributed by atoms with van der Waals surface area (Å²) < 4.78 is 5.28. The van der Waals surface area contributed by atoms with Crippen LogP contribution in [0.25, 0.3) is 10.7 Å². The summed E-state index contributed by atoms with van der Waals surface area (Å²) in [5.41, 5.74) is 1.56. The second-order valence-electron chi connectivity index (χ2n) is 5.29. The first-order chi connectivity index (χ1) is 12.5. The van der Waals surface area contributed by atoms with E-state index in [0.29, 0.717) is 38.6 Å². The van der Waals surface area contributed by atoms with Crippen molar-refractivity contribution in [3.05, 3.63) is 52.0 Å². The van der Waals surface area contributed by atoms with Gasteiger partial charge >= 0.3 is 0 Å². The van der Waals surface area contributed by atoms with Gasteiger partial charge in [-0.3, -0.25) is 4.79 Å². The van der Waals surface area contributed by atoms with Gasteiger partial charge in [0, 0.05) is 5.02 Å². The second kappa shape index (κ2) is 8.07. The average molecular weight is 406 g/mol. The highest BCUT2D eigenvalue weighted by Gasteiger charge is 2.20. The van der Waals surface area contributed by atoms with Crippen LogP contribution in [0.2, 0.25) is 5.02 Å². The molecule has 3 aromatic rings. The molecule has 0 fully saturated rings. The van der Waals surface area contributed by atoms with Crippen molar-refractivity contribution in [3.63, 3.8) is 0 Å². The highest BCUT2D eigenvalue weighted by molar-refractivity contribution is 7.98. The highest BCUT2D eigenvalue weighted by Crippen LogP contribution is 2.31. The third-order valence-electron chi connectivity index (χ3n) is 3.63. The van der Waals surface area contributed by atoms with Crippen LogP contribution in [0.5, 0.6) is 5.75 Å². The number of carbonyl (C=O) groups is 1. The topological polar surface area (TPSA) is 64.1 Å². The van der Waals surface area contributed by atoms with Crippen molar-refractivity contribution in [1.82, 2.24) is 9.97 Å². The van der Waals surface area contributed by atoms with Gasteiger partial charge < -0.3 is 10.1 Å². The lowest BCUT2D eigenvalue weighted by Crippen LogP contribution is -2.17. The summed E-state index contributed by atoms with van der Waals surface area (Å²) in [6.07, 6.45) is 1.89. The monoisotopic (exact) mass is 405 g/mol. The molecular weight excluding hydrogens is 390 g/mol. The van der Waals surface area contributed by atoms with Gasteiger partial charge in [-0.1, -0.05) is 17.7 Å². The molecule has 5 nitrogen and oxygen atoms in total. The summed E-state index contributed by atoms with van der Waals surface area (Å²) >= 11 is 9.01. The number of nitrogens with one attached hydrogen (secondary N) is 1. The standard InChI is InChI=1S/C18H16ClN3O2S2/c1-10-15(17(23)21-12-9-11(19)6-7-13(12)24-2)18(25-3)22-16(20-10)14-5-4-8-26-14/h4-9H,1-3H3,(H,21,23). The predicted molar refractivity (Wildman–Crippen MR) is 108 cm³/mol. The quantitative estimate of drug-likeness (QED) is 0.469. The van der Waals surface area contributed by atoms with Crippen LogP contribution in [0.1, 0.15) is 16.1 Å². The number of hydrogen-bond donors (Lipinski definition) is 1. The molecule has 0 unspecified atom stereocenters. The molecule has 3 rings (SSSR count). The zero-order valence-electron chi connectivity index (χ0n) is 14.4. The van der Waals surface area contributed by atoms with Crippen LogP contribution < -0.4 is 10.1 Å². The Bertz CT molecular complexity index is 946.